The molecule has 0 unspecified atom stereocenters. The van der Waals surface area contributed by atoms with E-state index in [4.69, 9.17) is 0 Å². The van der Waals surface area contributed by atoms with Crippen LogP contribution in [0.2, 0.25) is 0 Å². The first-order valence-electron chi connectivity index (χ1n) is 6.26. The molecule has 0 saturated heterocycles. The lowest BCUT2D eigenvalue weighted by Crippen LogP contribution is -2.27. The molecule has 0 saturated carbocycles. The number of hydrogen-bond donors (Lipinski definition) is 0. The van der Waals surface area contributed by atoms with Crippen molar-refractivity contribution in [2.45, 2.75) is 6.54 Å². The lowest BCUT2D eigenvalue weighted by Gasteiger charge is -2.04. The third-order valence-electron chi connectivity index (χ3n) is 3.07. The number of ketones is 1. The summed E-state index contributed by atoms with van der Waals surface area (Å²) >= 11 is 3.31. The predicted molar refractivity (Wildman–Crippen MR) is 82.3 cm³/mol. The Balaban J connectivity index is 1.97. The fourth-order valence-electron chi connectivity index (χ4n) is 2.02. The Labute approximate surface area is 128 Å². The van der Waals surface area contributed by atoms with Gasteiger partial charge in [-0.2, -0.15) is 0 Å². The van der Waals surface area contributed by atoms with Gasteiger partial charge in [0.05, 0.1) is 5.39 Å². The average molecular weight is 344 g/mol. The maximum Gasteiger partial charge on any atom is 0.278 e. The molecule has 3 aromatic rings. The van der Waals surface area contributed by atoms with Crippen molar-refractivity contribution >= 4 is 32.6 Å². The number of carbonyl (C=O) groups is 1. The Hall–Kier alpha value is -2.34. The summed E-state index contributed by atoms with van der Waals surface area (Å²) in [7, 11) is 0. The van der Waals surface area contributed by atoms with Crippen LogP contribution in [0.25, 0.3) is 10.9 Å². The van der Waals surface area contributed by atoms with E-state index in [0.29, 0.717) is 16.5 Å². The topological polar surface area (TPSA) is 64.8 Å². The molecule has 0 aliphatic rings. The zero-order valence-corrected chi connectivity index (χ0v) is 12.4. The van der Waals surface area contributed by atoms with Gasteiger partial charge in [0.25, 0.3) is 5.56 Å². The second-order valence-electron chi connectivity index (χ2n) is 4.50. The summed E-state index contributed by atoms with van der Waals surface area (Å²) in [6.45, 7) is -0.132. The van der Waals surface area contributed by atoms with E-state index in [9.17, 15) is 9.59 Å². The molecule has 1 aromatic heterocycles. The van der Waals surface area contributed by atoms with Gasteiger partial charge in [-0.25, -0.2) is 4.68 Å². The number of fused-ring (bicyclic) bond motifs is 1. The normalized spacial score (nSPS) is 10.7. The molecule has 104 valence electrons. The summed E-state index contributed by atoms with van der Waals surface area (Å²) in [5.41, 5.74) is 0.726. The smallest absolute Gasteiger partial charge is 0.278 e. The van der Waals surface area contributed by atoms with E-state index in [1.807, 2.05) is 6.07 Å². The summed E-state index contributed by atoms with van der Waals surface area (Å²) < 4.78 is 1.90. The van der Waals surface area contributed by atoms with Crippen LogP contribution in [0.3, 0.4) is 0 Å². The van der Waals surface area contributed by atoms with Crippen LogP contribution >= 0.6 is 15.9 Å². The van der Waals surface area contributed by atoms with E-state index in [0.717, 1.165) is 9.15 Å². The molecule has 5 nitrogen and oxygen atoms in total. The highest BCUT2D eigenvalue weighted by molar-refractivity contribution is 9.10. The Bertz CT molecular complexity index is 889. The van der Waals surface area contributed by atoms with Crippen molar-refractivity contribution in [3.8, 4) is 0 Å². The molecule has 2 aromatic carbocycles. The molecule has 0 fully saturated rings. The lowest BCUT2D eigenvalue weighted by atomic mass is 10.1. The summed E-state index contributed by atoms with van der Waals surface area (Å²) in [6.07, 6.45) is 0. The summed E-state index contributed by atoms with van der Waals surface area (Å²) in [5.74, 6) is -0.192. The number of carbonyl (C=O) groups excluding carboxylic acids is 1. The molecular formula is C15H10BrN3O2. The van der Waals surface area contributed by atoms with E-state index < -0.39 is 0 Å². The predicted octanol–water partition coefficient (Wildman–Crippen LogP) is 2.44. The third-order valence-corrected chi connectivity index (χ3v) is 3.56. The summed E-state index contributed by atoms with van der Waals surface area (Å²) in [4.78, 5) is 24.5. The van der Waals surface area contributed by atoms with Gasteiger partial charge in [0, 0.05) is 10.0 Å². The van der Waals surface area contributed by atoms with Crippen LogP contribution in [-0.2, 0) is 6.54 Å². The van der Waals surface area contributed by atoms with Crippen molar-refractivity contribution in [2.24, 2.45) is 0 Å². The summed E-state index contributed by atoms with van der Waals surface area (Å²) in [5, 5.41) is 8.23. The van der Waals surface area contributed by atoms with E-state index in [1.54, 1.807) is 42.5 Å². The van der Waals surface area contributed by atoms with Crippen LogP contribution in [0.4, 0.5) is 0 Å². The quantitative estimate of drug-likeness (QED) is 0.685. The number of rotatable bonds is 3. The standard InChI is InChI=1S/C15H10BrN3O2/c16-11-5-3-4-10(8-11)14(20)9-19-15(21)12-6-1-2-7-13(12)17-18-19/h1-8H,9H2. The second kappa shape index (κ2) is 5.57. The zero-order valence-electron chi connectivity index (χ0n) is 10.9. The fourth-order valence-corrected chi connectivity index (χ4v) is 2.42. The van der Waals surface area contributed by atoms with Crippen LogP contribution in [0.5, 0.6) is 0 Å². The number of nitrogens with zero attached hydrogens (tertiary/aromatic N) is 3. The Morgan fingerprint density at radius 3 is 2.76 bits per heavy atom. The maximum atomic E-state index is 12.3. The minimum atomic E-state index is -0.316. The second-order valence-corrected chi connectivity index (χ2v) is 5.42. The SMILES string of the molecule is O=C(Cn1nnc2ccccc2c1=O)c1cccc(Br)c1. The minimum Gasteiger partial charge on any atom is -0.292 e. The van der Waals surface area contributed by atoms with Crippen LogP contribution in [-0.4, -0.2) is 20.8 Å². The van der Waals surface area contributed by atoms with Gasteiger partial charge in [-0.05, 0) is 24.3 Å². The lowest BCUT2D eigenvalue weighted by molar-refractivity contribution is 0.0964. The number of benzene rings is 2. The molecule has 6 heteroatoms. The number of halogens is 1. The average Bonchev–Trinajstić information content (AvgIpc) is 2.50. The van der Waals surface area contributed by atoms with Crippen LogP contribution in [0.15, 0.2) is 57.8 Å². The van der Waals surface area contributed by atoms with Crippen molar-refractivity contribution in [1.82, 2.24) is 15.0 Å². The van der Waals surface area contributed by atoms with E-state index in [1.165, 1.54) is 0 Å². The van der Waals surface area contributed by atoms with Gasteiger partial charge >= 0.3 is 0 Å². The van der Waals surface area contributed by atoms with Crippen LogP contribution in [0, 0.1) is 0 Å². The highest BCUT2D eigenvalue weighted by Gasteiger charge is 2.11. The highest BCUT2D eigenvalue weighted by atomic mass is 79.9. The molecule has 0 atom stereocenters. The van der Waals surface area contributed by atoms with E-state index in [-0.39, 0.29) is 17.9 Å². The van der Waals surface area contributed by atoms with Gasteiger partial charge in [-0.3, -0.25) is 9.59 Å². The molecule has 0 aliphatic carbocycles. The minimum absolute atomic E-state index is 0.132. The molecular weight excluding hydrogens is 334 g/mol. The van der Waals surface area contributed by atoms with Crippen LogP contribution < -0.4 is 5.56 Å². The molecule has 1 heterocycles. The zero-order chi connectivity index (χ0) is 14.8. The first-order chi connectivity index (χ1) is 10.1. The Morgan fingerprint density at radius 2 is 1.95 bits per heavy atom. The Kier molecular flexibility index (Phi) is 3.62. The van der Waals surface area contributed by atoms with E-state index >= 15 is 0 Å². The van der Waals surface area contributed by atoms with Crippen molar-refractivity contribution in [2.75, 3.05) is 0 Å². The first kappa shape index (κ1) is 13.6. The van der Waals surface area contributed by atoms with Crippen LogP contribution in [0.1, 0.15) is 10.4 Å². The van der Waals surface area contributed by atoms with Crippen molar-refractivity contribution in [3.05, 3.63) is 68.9 Å². The number of aromatic nitrogens is 3. The molecule has 0 N–H and O–H groups in total. The molecule has 0 amide bonds. The fraction of sp³-hybridized carbons (Fsp3) is 0.0667. The molecule has 3 rings (SSSR count). The van der Waals surface area contributed by atoms with Gasteiger partial charge in [0.1, 0.15) is 12.1 Å². The number of hydrogen-bond acceptors (Lipinski definition) is 4. The molecule has 0 aliphatic heterocycles. The third kappa shape index (κ3) is 2.75. The van der Waals surface area contributed by atoms with Crippen molar-refractivity contribution in [3.63, 3.8) is 0 Å². The highest BCUT2D eigenvalue weighted by Crippen LogP contribution is 2.12. The largest absolute Gasteiger partial charge is 0.292 e. The monoisotopic (exact) mass is 343 g/mol. The van der Waals surface area contributed by atoms with Gasteiger partial charge in [-0.15, -0.1) is 5.10 Å². The number of Topliss-reactive ketones (excluding diaryl/α,β-unsaturated/α-hetero) is 1. The van der Waals surface area contributed by atoms with E-state index in [2.05, 4.69) is 26.2 Å². The van der Waals surface area contributed by atoms with Gasteiger partial charge < -0.3 is 0 Å². The van der Waals surface area contributed by atoms with Gasteiger partial charge in [0.15, 0.2) is 5.78 Å². The maximum absolute atomic E-state index is 12.3. The molecule has 0 spiro atoms. The molecule has 0 radical (unpaired) electrons. The molecule has 21 heavy (non-hydrogen) atoms. The van der Waals surface area contributed by atoms with Crippen molar-refractivity contribution in [1.29, 1.82) is 0 Å². The summed E-state index contributed by atoms with van der Waals surface area (Å²) in [6, 6.07) is 13.9. The van der Waals surface area contributed by atoms with Gasteiger partial charge in [-0.1, -0.05) is 45.4 Å². The Morgan fingerprint density at radius 1 is 1.14 bits per heavy atom. The molecule has 0 bridgehead atoms. The van der Waals surface area contributed by atoms with Crippen molar-refractivity contribution < 1.29 is 4.79 Å². The first-order valence-corrected chi connectivity index (χ1v) is 7.06. The van der Waals surface area contributed by atoms with Gasteiger partial charge in [0.2, 0.25) is 0 Å².